The highest BCUT2D eigenvalue weighted by atomic mass is 16.5. The summed E-state index contributed by atoms with van der Waals surface area (Å²) in [6.45, 7) is 12.1. The summed E-state index contributed by atoms with van der Waals surface area (Å²) in [6.07, 6.45) is 2.35. The molecule has 0 fully saturated rings. The number of carboxylic acid groups (broad SMARTS) is 3. The van der Waals surface area contributed by atoms with Gasteiger partial charge in [0.2, 0.25) is 35.4 Å². The lowest BCUT2D eigenvalue weighted by molar-refractivity contribution is -0.143. The first-order valence-electron chi connectivity index (χ1n) is 22.6. The monoisotopic (exact) mass is 980 g/mol. The van der Waals surface area contributed by atoms with Gasteiger partial charge >= 0.3 is 17.9 Å². The van der Waals surface area contributed by atoms with Crippen molar-refractivity contribution in [3.05, 3.63) is 42.5 Å². The number of benzene rings is 1. The normalized spacial score (nSPS) is 12.1. The molecule has 0 radical (unpaired) electrons. The predicted molar refractivity (Wildman–Crippen MR) is 248 cm³/mol. The topological polar surface area (TPSA) is 333 Å². The number of hydrogen-bond acceptors (Lipinski definition) is 14. The maximum atomic E-state index is 13.0. The summed E-state index contributed by atoms with van der Waals surface area (Å²) in [4.78, 5) is 109. The Hall–Kier alpha value is -6.17. The van der Waals surface area contributed by atoms with Crippen LogP contribution < -0.4 is 36.6 Å². The zero-order valence-electron chi connectivity index (χ0n) is 40.2. The third kappa shape index (κ3) is 31.5. The Morgan fingerprint density at radius 1 is 0.623 bits per heavy atom. The fourth-order valence-corrected chi connectivity index (χ4v) is 6.62. The average Bonchev–Trinajstić information content (AvgIpc) is 3.27. The lowest BCUT2D eigenvalue weighted by Gasteiger charge is -2.34. The molecule has 0 aliphatic carbocycles. The van der Waals surface area contributed by atoms with Gasteiger partial charge in [0.05, 0.1) is 58.4 Å². The second kappa shape index (κ2) is 34.2. The molecule has 388 valence electrons. The van der Waals surface area contributed by atoms with Gasteiger partial charge in [0.1, 0.15) is 31.0 Å². The van der Waals surface area contributed by atoms with E-state index in [0.29, 0.717) is 18.7 Å². The number of hydrogen-bond donors (Lipinski definition) is 9. The highest BCUT2D eigenvalue weighted by molar-refractivity contribution is 5.89. The first kappa shape index (κ1) is 60.8. The summed E-state index contributed by atoms with van der Waals surface area (Å²) in [5, 5.41) is 43.3. The summed E-state index contributed by atoms with van der Waals surface area (Å²) < 4.78 is 27.1. The summed E-state index contributed by atoms with van der Waals surface area (Å²) in [5.41, 5.74) is -0.923. The van der Waals surface area contributed by atoms with E-state index < -0.39 is 83.2 Å². The van der Waals surface area contributed by atoms with E-state index in [0.717, 1.165) is 12.8 Å². The van der Waals surface area contributed by atoms with Crippen LogP contribution in [0.3, 0.4) is 0 Å². The first-order valence-corrected chi connectivity index (χ1v) is 22.6. The van der Waals surface area contributed by atoms with Crippen molar-refractivity contribution in [1.82, 2.24) is 31.9 Å². The minimum absolute atomic E-state index is 0.0112. The second-order valence-electron chi connectivity index (χ2n) is 17.4. The number of ether oxygens (including phenoxy) is 5. The molecule has 0 spiro atoms. The summed E-state index contributed by atoms with van der Waals surface area (Å²) in [5.74, 6) is -6.27. The third-order valence-electron chi connectivity index (χ3n) is 9.60. The molecule has 1 rings (SSSR count). The number of nitrogens with one attached hydrogen (secondary N) is 6. The van der Waals surface area contributed by atoms with Crippen molar-refractivity contribution in [3.63, 3.8) is 0 Å². The predicted octanol–water partition coefficient (Wildman–Crippen LogP) is 0.793. The highest BCUT2D eigenvalue weighted by Gasteiger charge is 2.33. The quantitative estimate of drug-likeness (QED) is 0.0324. The summed E-state index contributed by atoms with van der Waals surface area (Å²) in [6, 6.07) is 3.29. The Labute approximate surface area is 402 Å². The van der Waals surface area contributed by atoms with E-state index in [9.17, 15) is 53.4 Å². The van der Waals surface area contributed by atoms with Gasteiger partial charge in [-0.2, -0.15) is 0 Å². The SMILES string of the molecule is C=CCCCNC(=O)CNC(=O)COCCOCCNC(=O)COCCOCCNC(=O)C(CCC(=O)O)NC(=O)CCC(NC(=O)CC(C)(C)CC(C)(C)COc1ccc(C(=O)O)cc1)C(=O)O. The number of aliphatic carboxylic acids is 2. The second-order valence-corrected chi connectivity index (χ2v) is 17.4. The zero-order chi connectivity index (χ0) is 51.7. The van der Waals surface area contributed by atoms with Crippen LogP contribution in [0.2, 0.25) is 0 Å². The molecule has 0 aliphatic heterocycles. The Morgan fingerprint density at radius 2 is 1.17 bits per heavy atom. The zero-order valence-corrected chi connectivity index (χ0v) is 40.2. The van der Waals surface area contributed by atoms with Gasteiger partial charge in [0.25, 0.3) is 0 Å². The van der Waals surface area contributed by atoms with Crippen LogP contribution in [0.15, 0.2) is 36.9 Å². The van der Waals surface area contributed by atoms with Gasteiger partial charge < -0.3 is 70.9 Å². The van der Waals surface area contributed by atoms with Crippen molar-refractivity contribution < 1.29 is 82.2 Å². The molecule has 0 aromatic heterocycles. The Kier molecular flexibility index (Phi) is 30.1. The average molecular weight is 981 g/mol. The molecular weight excluding hydrogens is 909 g/mol. The maximum absolute atomic E-state index is 13.0. The number of aromatic carboxylic acids is 1. The van der Waals surface area contributed by atoms with Crippen LogP contribution in [0.4, 0.5) is 0 Å². The molecule has 0 heterocycles. The molecule has 2 atom stereocenters. The molecule has 9 N–H and O–H groups in total. The Morgan fingerprint density at radius 3 is 1.75 bits per heavy atom. The standard InChI is InChI=1S/C46H72N6O17/c1-6-7-8-17-47-38(55)27-50-40(57)29-68-25-22-65-20-18-48-39(56)28-67-24-23-66-21-19-49-42(60)34(14-16-41(58)59)51-36(53)15-13-35(44(63)64)52-37(54)26-45(2,3)30-46(4,5)31-69-33-11-9-32(10-12-33)43(61)62/h6,9-12,34-35H,1,7-8,13-31H2,2-5H3,(H,47,55)(H,48,56)(H,49,60)(H,50,57)(H,51,53)(H,52,54)(H,58,59)(H,61,62)(H,63,64). The van der Waals surface area contributed by atoms with Crippen molar-refractivity contribution in [2.24, 2.45) is 10.8 Å². The van der Waals surface area contributed by atoms with Gasteiger partial charge in [0, 0.05) is 38.9 Å². The van der Waals surface area contributed by atoms with Gasteiger partial charge in [-0.1, -0.05) is 33.8 Å². The highest BCUT2D eigenvalue weighted by Crippen LogP contribution is 2.36. The van der Waals surface area contributed by atoms with E-state index >= 15 is 0 Å². The molecule has 0 bridgehead atoms. The number of rotatable bonds is 40. The van der Waals surface area contributed by atoms with Crippen LogP contribution in [0.1, 0.15) is 89.4 Å². The summed E-state index contributed by atoms with van der Waals surface area (Å²) >= 11 is 0. The van der Waals surface area contributed by atoms with E-state index in [1.54, 1.807) is 18.2 Å². The minimum Gasteiger partial charge on any atom is -0.493 e. The van der Waals surface area contributed by atoms with Gasteiger partial charge in [-0.15, -0.1) is 6.58 Å². The molecule has 2 unspecified atom stereocenters. The van der Waals surface area contributed by atoms with E-state index in [4.69, 9.17) is 28.8 Å². The van der Waals surface area contributed by atoms with Crippen LogP contribution in [0.5, 0.6) is 5.75 Å². The van der Waals surface area contributed by atoms with Crippen LogP contribution in [0, 0.1) is 10.8 Å². The van der Waals surface area contributed by atoms with E-state index in [-0.39, 0.29) is 110 Å². The van der Waals surface area contributed by atoms with Crippen LogP contribution in [0.25, 0.3) is 0 Å². The van der Waals surface area contributed by atoms with Gasteiger partial charge in [-0.25, -0.2) is 9.59 Å². The molecule has 23 heteroatoms. The molecule has 0 saturated heterocycles. The molecular formula is C46H72N6O17. The van der Waals surface area contributed by atoms with Crippen molar-refractivity contribution >= 4 is 53.4 Å². The van der Waals surface area contributed by atoms with E-state index in [1.807, 2.05) is 27.7 Å². The number of unbranched alkanes of at least 4 members (excludes halogenated alkanes) is 1. The smallest absolute Gasteiger partial charge is 0.335 e. The fourth-order valence-electron chi connectivity index (χ4n) is 6.62. The first-order chi connectivity index (χ1) is 32.6. The molecule has 23 nitrogen and oxygen atoms in total. The van der Waals surface area contributed by atoms with Crippen LogP contribution >= 0.6 is 0 Å². The molecule has 0 saturated carbocycles. The maximum Gasteiger partial charge on any atom is 0.335 e. The van der Waals surface area contributed by atoms with E-state index in [1.165, 1.54) is 12.1 Å². The third-order valence-corrected chi connectivity index (χ3v) is 9.60. The molecule has 0 aliphatic rings. The molecule has 1 aromatic carbocycles. The molecule has 1 aromatic rings. The van der Waals surface area contributed by atoms with Gasteiger partial charge in [0.15, 0.2) is 0 Å². The minimum atomic E-state index is -1.43. The van der Waals surface area contributed by atoms with Crippen molar-refractivity contribution in [1.29, 1.82) is 0 Å². The number of carbonyl (C=O) groups is 9. The van der Waals surface area contributed by atoms with E-state index in [2.05, 4.69) is 38.5 Å². The van der Waals surface area contributed by atoms with Gasteiger partial charge in [-0.3, -0.25) is 33.6 Å². The lowest BCUT2D eigenvalue weighted by atomic mass is 9.73. The number of allylic oxidation sites excluding steroid dienone is 1. The number of carboxylic acids is 3. The van der Waals surface area contributed by atoms with Gasteiger partial charge in [-0.05, 0) is 67.2 Å². The Balaban J connectivity index is 2.33. The fraction of sp³-hybridized carbons (Fsp3) is 0.630. The lowest BCUT2D eigenvalue weighted by Crippen LogP contribution is -2.48. The van der Waals surface area contributed by atoms with Crippen LogP contribution in [-0.2, 0) is 57.3 Å². The molecule has 69 heavy (non-hydrogen) atoms. The van der Waals surface area contributed by atoms with Crippen molar-refractivity contribution in [2.45, 2.75) is 91.1 Å². The van der Waals surface area contributed by atoms with Crippen molar-refractivity contribution in [3.8, 4) is 5.75 Å². The summed E-state index contributed by atoms with van der Waals surface area (Å²) in [7, 11) is 0. The largest absolute Gasteiger partial charge is 0.493 e. The Bertz CT molecular complexity index is 1810. The van der Waals surface area contributed by atoms with Crippen molar-refractivity contribution in [2.75, 3.05) is 85.6 Å². The molecule has 6 amide bonds. The number of carbonyl (C=O) groups excluding carboxylic acids is 6. The number of amides is 6. The van der Waals surface area contributed by atoms with Crippen LogP contribution in [-0.4, -0.2) is 166 Å².